The summed E-state index contributed by atoms with van der Waals surface area (Å²) in [6.07, 6.45) is 1.14. The average molecular weight is 226 g/mol. The summed E-state index contributed by atoms with van der Waals surface area (Å²) >= 11 is 0. The molecule has 88 valence electrons. The van der Waals surface area contributed by atoms with Crippen LogP contribution in [0.15, 0.2) is 10.9 Å². The van der Waals surface area contributed by atoms with Crippen LogP contribution in [-0.4, -0.2) is 28.2 Å². The van der Waals surface area contributed by atoms with Gasteiger partial charge in [-0.25, -0.2) is 9.78 Å². The number of carboxylic acids is 1. The Kier molecular flexibility index (Phi) is 4.19. The Morgan fingerprint density at radius 2 is 2.38 bits per heavy atom. The molecule has 0 saturated carbocycles. The molecule has 0 aliphatic rings. The molecule has 2 N–H and O–H groups in total. The molecule has 1 heterocycles. The number of aromatic amines is 1. The molecule has 16 heavy (non-hydrogen) atoms. The average Bonchev–Trinajstić information content (AvgIpc) is 2.24. The van der Waals surface area contributed by atoms with Crippen LogP contribution in [0.1, 0.15) is 42.2 Å². The first-order valence-corrected chi connectivity index (χ1v) is 4.95. The van der Waals surface area contributed by atoms with Gasteiger partial charge in [0.2, 0.25) is 0 Å². The second kappa shape index (κ2) is 5.41. The molecule has 0 bridgehead atoms. The highest BCUT2D eigenvalue weighted by Gasteiger charge is 2.15. The van der Waals surface area contributed by atoms with Crippen molar-refractivity contribution >= 4 is 5.97 Å². The SMILES string of the molecule is CCCC(OC)c1nc(C(=O)O)cc(=O)[nH]1. The molecular weight excluding hydrogens is 212 g/mol. The van der Waals surface area contributed by atoms with Crippen LogP contribution in [0.2, 0.25) is 0 Å². The van der Waals surface area contributed by atoms with Crippen molar-refractivity contribution in [2.45, 2.75) is 25.9 Å². The van der Waals surface area contributed by atoms with E-state index in [2.05, 4.69) is 9.97 Å². The highest BCUT2D eigenvalue weighted by molar-refractivity contribution is 5.85. The van der Waals surface area contributed by atoms with Crippen LogP contribution in [0, 0.1) is 0 Å². The minimum atomic E-state index is -1.22. The van der Waals surface area contributed by atoms with E-state index in [4.69, 9.17) is 9.84 Å². The number of ether oxygens (including phenoxy) is 1. The van der Waals surface area contributed by atoms with Gasteiger partial charge in [-0.05, 0) is 6.42 Å². The molecule has 0 amide bonds. The van der Waals surface area contributed by atoms with Gasteiger partial charge in [-0.15, -0.1) is 0 Å². The second-order valence-electron chi connectivity index (χ2n) is 3.33. The van der Waals surface area contributed by atoms with Crippen molar-refractivity contribution in [3.8, 4) is 0 Å². The number of carbonyl (C=O) groups is 1. The molecule has 0 saturated heterocycles. The fourth-order valence-corrected chi connectivity index (χ4v) is 1.37. The van der Waals surface area contributed by atoms with Crippen molar-refractivity contribution < 1.29 is 14.6 Å². The maximum absolute atomic E-state index is 11.2. The highest BCUT2D eigenvalue weighted by atomic mass is 16.5. The molecular formula is C10H14N2O4. The van der Waals surface area contributed by atoms with E-state index in [0.29, 0.717) is 6.42 Å². The zero-order chi connectivity index (χ0) is 12.1. The second-order valence-corrected chi connectivity index (χ2v) is 3.33. The quantitative estimate of drug-likeness (QED) is 0.780. The van der Waals surface area contributed by atoms with Crippen molar-refractivity contribution in [3.63, 3.8) is 0 Å². The summed E-state index contributed by atoms with van der Waals surface area (Å²) in [7, 11) is 1.49. The number of nitrogens with zero attached hydrogens (tertiary/aromatic N) is 1. The Labute approximate surface area is 92.3 Å². The predicted molar refractivity (Wildman–Crippen MR) is 56.5 cm³/mol. The van der Waals surface area contributed by atoms with Crippen LogP contribution in [-0.2, 0) is 4.74 Å². The lowest BCUT2D eigenvalue weighted by Gasteiger charge is -2.13. The largest absolute Gasteiger partial charge is 0.477 e. The zero-order valence-corrected chi connectivity index (χ0v) is 9.19. The van der Waals surface area contributed by atoms with Gasteiger partial charge in [0.05, 0.1) is 0 Å². The lowest BCUT2D eigenvalue weighted by atomic mass is 10.2. The van der Waals surface area contributed by atoms with Crippen molar-refractivity contribution in [2.24, 2.45) is 0 Å². The summed E-state index contributed by atoms with van der Waals surface area (Å²) in [5.41, 5.74) is -0.752. The Morgan fingerprint density at radius 3 is 2.88 bits per heavy atom. The first kappa shape index (κ1) is 12.4. The van der Waals surface area contributed by atoms with Crippen LogP contribution < -0.4 is 5.56 Å². The van der Waals surface area contributed by atoms with E-state index >= 15 is 0 Å². The maximum Gasteiger partial charge on any atom is 0.354 e. The van der Waals surface area contributed by atoms with Crippen molar-refractivity contribution in [3.05, 3.63) is 27.9 Å². The van der Waals surface area contributed by atoms with E-state index in [1.807, 2.05) is 6.92 Å². The number of H-pyrrole nitrogens is 1. The summed E-state index contributed by atoms with van der Waals surface area (Å²) in [6, 6.07) is 0.949. The Hall–Kier alpha value is -1.69. The molecule has 1 unspecified atom stereocenters. The summed E-state index contributed by atoms with van der Waals surface area (Å²) < 4.78 is 5.14. The Balaban J connectivity index is 3.12. The number of nitrogens with one attached hydrogen (secondary N) is 1. The third kappa shape index (κ3) is 2.90. The third-order valence-corrected chi connectivity index (χ3v) is 2.12. The molecule has 6 nitrogen and oxygen atoms in total. The van der Waals surface area contributed by atoms with E-state index in [1.54, 1.807) is 0 Å². The van der Waals surface area contributed by atoms with Gasteiger partial charge in [0.15, 0.2) is 5.69 Å². The van der Waals surface area contributed by atoms with Crippen LogP contribution in [0.3, 0.4) is 0 Å². The van der Waals surface area contributed by atoms with Gasteiger partial charge in [-0.3, -0.25) is 4.79 Å². The van der Waals surface area contributed by atoms with Gasteiger partial charge in [0.1, 0.15) is 11.9 Å². The van der Waals surface area contributed by atoms with Gasteiger partial charge in [-0.2, -0.15) is 0 Å². The summed E-state index contributed by atoms with van der Waals surface area (Å²) in [5.74, 6) is -0.965. The Bertz CT molecular complexity index is 427. The van der Waals surface area contributed by atoms with E-state index in [0.717, 1.165) is 12.5 Å². The summed E-state index contributed by atoms with van der Waals surface area (Å²) in [4.78, 5) is 28.3. The fourth-order valence-electron chi connectivity index (χ4n) is 1.37. The first-order valence-electron chi connectivity index (χ1n) is 4.95. The number of hydrogen-bond donors (Lipinski definition) is 2. The molecule has 1 aromatic heterocycles. The molecule has 1 atom stereocenters. The maximum atomic E-state index is 11.2. The lowest BCUT2D eigenvalue weighted by molar-refractivity contribution is 0.0682. The molecule has 0 fully saturated rings. The van der Waals surface area contributed by atoms with Gasteiger partial charge in [0, 0.05) is 13.2 Å². The van der Waals surface area contributed by atoms with Gasteiger partial charge < -0.3 is 14.8 Å². The summed E-state index contributed by atoms with van der Waals surface area (Å²) in [6.45, 7) is 1.96. The molecule has 6 heteroatoms. The van der Waals surface area contributed by atoms with Crippen LogP contribution in [0.4, 0.5) is 0 Å². The summed E-state index contributed by atoms with van der Waals surface area (Å²) in [5, 5.41) is 8.76. The number of carboxylic acid groups (broad SMARTS) is 1. The number of methoxy groups -OCH3 is 1. The predicted octanol–water partition coefficient (Wildman–Crippen LogP) is 0.956. The van der Waals surface area contributed by atoms with Gasteiger partial charge in [-0.1, -0.05) is 13.3 Å². The van der Waals surface area contributed by atoms with E-state index < -0.39 is 11.5 Å². The fraction of sp³-hybridized carbons (Fsp3) is 0.500. The number of rotatable bonds is 5. The van der Waals surface area contributed by atoms with Crippen LogP contribution >= 0.6 is 0 Å². The van der Waals surface area contributed by atoms with Crippen molar-refractivity contribution in [1.29, 1.82) is 0 Å². The Morgan fingerprint density at radius 1 is 1.69 bits per heavy atom. The number of aromatic carboxylic acids is 1. The minimum Gasteiger partial charge on any atom is -0.477 e. The van der Waals surface area contributed by atoms with Gasteiger partial charge >= 0.3 is 5.97 Å². The highest BCUT2D eigenvalue weighted by Crippen LogP contribution is 2.17. The zero-order valence-electron chi connectivity index (χ0n) is 9.19. The standard InChI is InChI=1S/C10H14N2O4/c1-3-4-7(16-2)9-11-6(10(14)15)5-8(13)12-9/h5,7H,3-4H2,1-2H3,(H,14,15)(H,11,12,13). The molecule has 0 aliphatic carbocycles. The number of aromatic nitrogens is 2. The molecule has 1 rings (SSSR count). The van der Waals surface area contributed by atoms with E-state index in [-0.39, 0.29) is 17.6 Å². The third-order valence-electron chi connectivity index (χ3n) is 2.12. The molecule has 0 aromatic carbocycles. The molecule has 0 spiro atoms. The monoisotopic (exact) mass is 226 g/mol. The van der Waals surface area contributed by atoms with Crippen molar-refractivity contribution in [1.82, 2.24) is 9.97 Å². The normalized spacial score (nSPS) is 12.4. The van der Waals surface area contributed by atoms with E-state index in [9.17, 15) is 9.59 Å². The van der Waals surface area contributed by atoms with E-state index in [1.165, 1.54) is 7.11 Å². The molecule has 0 aliphatic heterocycles. The topological polar surface area (TPSA) is 92.3 Å². The van der Waals surface area contributed by atoms with Gasteiger partial charge in [0.25, 0.3) is 5.56 Å². The van der Waals surface area contributed by atoms with Crippen molar-refractivity contribution in [2.75, 3.05) is 7.11 Å². The lowest BCUT2D eigenvalue weighted by Crippen LogP contribution is -2.18. The first-order chi connectivity index (χ1) is 7.58. The van der Waals surface area contributed by atoms with Crippen LogP contribution in [0.25, 0.3) is 0 Å². The molecule has 0 radical (unpaired) electrons. The molecule has 1 aromatic rings. The minimum absolute atomic E-state index is 0.259. The number of hydrogen-bond acceptors (Lipinski definition) is 4. The van der Waals surface area contributed by atoms with Crippen LogP contribution in [0.5, 0.6) is 0 Å². The smallest absolute Gasteiger partial charge is 0.354 e.